The van der Waals surface area contributed by atoms with E-state index >= 15 is 0 Å². The number of para-hydroxylation sites is 3. The molecule has 0 unspecified atom stereocenters. The molecule has 3 heteroatoms. The van der Waals surface area contributed by atoms with Crippen LogP contribution in [0.3, 0.4) is 0 Å². The summed E-state index contributed by atoms with van der Waals surface area (Å²) < 4.78 is 9.56. The summed E-state index contributed by atoms with van der Waals surface area (Å²) in [5, 5.41) is 9.53. The molecule has 0 spiro atoms. The van der Waals surface area contributed by atoms with Crippen molar-refractivity contribution in [2.24, 2.45) is 0 Å². The molecule has 304 valence electrons. The minimum atomic E-state index is 0.846. The van der Waals surface area contributed by atoms with E-state index in [1.165, 1.54) is 60.0 Å². The third-order valence-corrected chi connectivity index (χ3v) is 13.1. The third-order valence-electron chi connectivity index (χ3n) is 13.1. The van der Waals surface area contributed by atoms with E-state index in [-0.39, 0.29) is 0 Å². The third kappa shape index (κ3) is 6.12. The zero-order valence-corrected chi connectivity index (χ0v) is 35.4. The number of furan rings is 1. The molecular weight excluding hydrogens is 789 g/mol. The van der Waals surface area contributed by atoms with Gasteiger partial charge in [-0.25, -0.2) is 0 Å². The average molecular weight is 829 g/mol. The Hall–Kier alpha value is -8.66. The summed E-state index contributed by atoms with van der Waals surface area (Å²) in [6.07, 6.45) is 0. The standard InChI is InChI=1S/C62H40N2O/c1-3-15-44(16-4-1)55-40-48-18-9-10-21-52(48)60-54-23-13-25-59(61(54)65-62(55)60)63(50-33-28-42(29-34-50)46-27-26-41-14-7-8-17-45(41)38-46)51-35-30-43(31-36-51)47-32-37-58-56(39-47)53-22-11-12-24-57(53)64(58)49-19-5-2-6-20-49/h1-40H. The second kappa shape index (κ2) is 15.0. The topological polar surface area (TPSA) is 21.3 Å². The van der Waals surface area contributed by atoms with Crippen molar-refractivity contribution < 1.29 is 4.42 Å². The molecule has 2 heterocycles. The lowest BCUT2D eigenvalue weighted by Gasteiger charge is -2.26. The van der Waals surface area contributed by atoms with Gasteiger partial charge in [-0.2, -0.15) is 0 Å². The highest BCUT2D eigenvalue weighted by Gasteiger charge is 2.23. The monoisotopic (exact) mass is 828 g/mol. The van der Waals surface area contributed by atoms with Crippen molar-refractivity contribution in [3.05, 3.63) is 243 Å². The highest BCUT2D eigenvalue weighted by Crippen LogP contribution is 2.47. The SMILES string of the molecule is c1ccc(-c2cc3ccccc3c3c2oc2c(N(c4ccc(-c5ccc6ccccc6c5)cc4)c4ccc(-c5ccc6c(c5)c5ccccc5n6-c5ccccc5)cc4)cccc23)cc1. The van der Waals surface area contributed by atoms with Gasteiger partial charge in [0.05, 0.1) is 16.7 Å². The molecule has 0 atom stereocenters. The van der Waals surface area contributed by atoms with Crippen molar-refractivity contribution in [3.8, 4) is 39.1 Å². The van der Waals surface area contributed by atoms with Crippen LogP contribution >= 0.6 is 0 Å². The number of nitrogens with zero attached hydrogens (tertiary/aromatic N) is 2. The van der Waals surface area contributed by atoms with Crippen LogP contribution in [0, 0.1) is 0 Å². The highest BCUT2D eigenvalue weighted by atomic mass is 16.3. The molecule has 0 amide bonds. The van der Waals surface area contributed by atoms with Gasteiger partial charge in [-0.1, -0.05) is 170 Å². The van der Waals surface area contributed by atoms with Gasteiger partial charge >= 0.3 is 0 Å². The Morgan fingerprint density at radius 1 is 0.323 bits per heavy atom. The minimum absolute atomic E-state index is 0.846. The number of benzene rings is 11. The Labute approximate surface area is 376 Å². The lowest BCUT2D eigenvalue weighted by Crippen LogP contribution is -2.10. The van der Waals surface area contributed by atoms with Crippen LogP contribution in [0.5, 0.6) is 0 Å². The maximum Gasteiger partial charge on any atom is 0.159 e. The van der Waals surface area contributed by atoms with Crippen LogP contribution in [0.4, 0.5) is 17.1 Å². The van der Waals surface area contributed by atoms with E-state index in [4.69, 9.17) is 4.42 Å². The normalized spacial score (nSPS) is 11.7. The first kappa shape index (κ1) is 36.9. The summed E-state index contributed by atoms with van der Waals surface area (Å²) >= 11 is 0. The summed E-state index contributed by atoms with van der Waals surface area (Å²) in [4.78, 5) is 2.35. The van der Waals surface area contributed by atoms with E-state index in [1.807, 2.05) is 0 Å². The Morgan fingerprint density at radius 3 is 1.65 bits per heavy atom. The van der Waals surface area contributed by atoms with E-state index in [2.05, 4.69) is 252 Å². The molecule has 0 saturated carbocycles. The fourth-order valence-corrected chi connectivity index (χ4v) is 10.1. The molecule has 0 N–H and O–H groups in total. The van der Waals surface area contributed by atoms with E-state index in [0.29, 0.717) is 0 Å². The van der Waals surface area contributed by atoms with Crippen LogP contribution in [0.15, 0.2) is 247 Å². The first-order valence-corrected chi connectivity index (χ1v) is 22.2. The quantitative estimate of drug-likeness (QED) is 0.160. The fourth-order valence-electron chi connectivity index (χ4n) is 10.1. The molecule has 13 aromatic rings. The van der Waals surface area contributed by atoms with Gasteiger partial charge < -0.3 is 13.9 Å². The fraction of sp³-hybridized carbons (Fsp3) is 0. The number of fused-ring (bicyclic) bond motifs is 9. The molecule has 0 bridgehead atoms. The van der Waals surface area contributed by atoms with Crippen molar-refractivity contribution in [1.82, 2.24) is 4.57 Å². The molecule has 0 aliphatic heterocycles. The molecule has 0 fully saturated rings. The van der Waals surface area contributed by atoms with Crippen LogP contribution < -0.4 is 4.90 Å². The minimum Gasteiger partial charge on any atom is -0.453 e. The summed E-state index contributed by atoms with van der Waals surface area (Å²) in [7, 11) is 0. The molecule has 11 aromatic carbocycles. The Morgan fingerprint density at radius 2 is 0.892 bits per heavy atom. The summed E-state index contributed by atoms with van der Waals surface area (Å²) in [6, 6.07) is 87.5. The molecule has 0 aliphatic rings. The number of hydrogen-bond acceptors (Lipinski definition) is 2. The maximum atomic E-state index is 7.19. The van der Waals surface area contributed by atoms with Gasteiger partial charge in [0.1, 0.15) is 5.58 Å². The highest BCUT2D eigenvalue weighted by molar-refractivity contribution is 6.24. The number of rotatable bonds is 7. The number of anilines is 3. The molecule has 3 nitrogen and oxygen atoms in total. The first-order valence-electron chi connectivity index (χ1n) is 22.2. The largest absolute Gasteiger partial charge is 0.453 e. The van der Waals surface area contributed by atoms with Gasteiger partial charge in [-0.3, -0.25) is 0 Å². The zero-order chi connectivity index (χ0) is 42.8. The van der Waals surface area contributed by atoms with Crippen LogP contribution in [0.1, 0.15) is 0 Å². The Kier molecular flexibility index (Phi) is 8.53. The molecule has 13 rings (SSSR count). The molecule has 0 aliphatic carbocycles. The lowest BCUT2D eigenvalue weighted by atomic mass is 9.96. The molecular formula is C62H40N2O. The summed E-state index contributed by atoms with van der Waals surface area (Å²) in [5.41, 5.74) is 15.2. The van der Waals surface area contributed by atoms with Crippen LogP contribution in [0.25, 0.3) is 104 Å². The van der Waals surface area contributed by atoms with E-state index in [0.717, 1.165) is 61.4 Å². The second-order valence-corrected chi connectivity index (χ2v) is 16.9. The van der Waals surface area contributed by atoms with E-state index < -0.39 is 0 Å². The predicted molar refractivity (Wildman–Crippen MR) is 274 cm³/mol. The van der Waals surface area contributed by atoms with E-state index in [9.17, 15) is 0 Å². The summed E-state index contributed by atoms with van der Waals surface area (Å²) in [5.74, 6) is 0. The van der Waals surface area contributed by atoms with Gasteiger partial charge in [0.25, 0.3) is 0 Å². The van der Waals surface area contributed by atoms with Crippen molar-refractivity contribution in [3.63, 3.8) is 0 Å². The van der Waals surface area contributed by atoms with Gasteiger partial charge in [0.2, 0.25) is 0 Å². The second-order valence-electron chi connectivity index (χ2n) is 16.9. The van der Waals surface area contributed by atoms with Crippen molar-refractivity contribution in [2.75, 3.05) is 4.90 Å². The maximum absolute atomic E-state index is 7.19. The van der Waals surface area contributed by atoms with Crippen LogP contribution in [-0.2, 0) is 0 Å². The zero-order valence-electron chi connectivity index (χ0n) is 35.4. The lowest BCUT2D eigenvalue weighted by molar-refractivity contribution is 0.670. The van der Waals surface area contributed by atoms with Gasteiger partial charge in [0.15, 0.2) is 5.58 Å². The Bertz CT molecular complexity index is 3920. The van der Waals surface area contributed by atoms with Crippen LogP contribution in [-0.4, -0.2) is 4.57 Å². The van der Waals surface area contributed by atoms with Crippen molar-refractivity contribution in [2.45, 2.75) is 0 Å². The smallest absolute Gasteiger partial charge is 0.159 e. The molecule has 2 aromatic heterocycles. The first-order chi connectivity index (χ1) is 32.2. The van der Waals surface area contributed by atoms with Gasteiger partial charge in [-0.05, 0) is 122 Å². The van der Waals surface area contributed by atoms with Gasteiger partial charge in [-0.15, -0.1) is 0 Å². The molecule has 0 radical (unpaired) electrons. The van der Waals surface area contributed by atoms with E-state index in [1.54, 1.807) is 0 Å². The number of hydrogen-bond donors (Lipinski definition) is 0. The number of aromatic nitrogens is 1. The molecule has 65 heavy (non-hydrogen) atoms. The predicted octanol–water partition coefficient (Wildman–Crippen LogP) is 17.5. The Balaban J connectivity index is 0.974. The van der Waals surface area contributed by atoms with Gasteiger partial charge in [0, 0.05) is 44.2 Å². The van der Waals surface area contributed by atoms with Crippen molar-refractivity contribution >= 4 is 82.4 Å². The van der Waals surface area contributed by atoms with Crippen LogP contribution in [0.2, 0.25) is 0 Å². The summed E-state index contributed by atoms with van der Waals surface area (Å²) in [6.45, 7) is 0. The molecule has 0 saturated heterocycles. The van der Waals surface area contributed by atoms with Crippen molar-refractivity contribution in [1.29, 1.82) is 0 Å². The average Bonchev–Trinajstić information content (AvgIpc) is 3.94.